The van der Waals surface area contributed by atoms with Crippen molar-refractivity contribution in [3.05, 3.63) is 60.2 Å². The van der Waals surface area contributed by atoms with Crippen LogP contribution >= 0.6 is 0 Å². The third kappa shape index (κ3) is 2.25. The van der Waals surface area contributed by atoms with Crippen LogP contribution in [0, 0.1) is 5.92 Å². The predicted molar refractivity (Wildman–Crippen MR) is 71.5 cm³/mol. The Labute approximate surface area is 102 Å². The van der Waals surface area contributed by atoms with Crippen LogP contribution in [0.5, 0.6) is 0 Å². The van der Waals surface area contributed by atoms with Gasteiger partial charge >= 0.3 is 0 Å². The Hall–Kier alpha value is -1.60. The zero-order chi connectivity index (χ0) is 11.7. The summed E-state index contributed by atoms with van der Waals surface area (Å²) >= 11 is 0. The average molecular weight is 223 g/mol. The molecule has 1 fully saturated rings. The highest BCUT2D eigenvalue weighted by atomic mass is 14.7. The molecular formula is C16H17N. The quantitative estimate of drug-likeness (QED) is 0.842. The molecular weight excluding hydrogens is 206 g/mol. The fourth-order valence-electron chi connectivity index (χ4n) is 2.26. The largest absolute Gasteiger partial charge is 0.324 e. The first-order valence-electron chi connectivity index (χ1n) is 6.25. The second-order valence-corrected chi connectivity index (χ2v) is 4.85. The smallest absolute Gasteiger partial charge is 0.0323 e. The van der Waals surface area contributed by atoms with Crippen molar-refractivity contribution in [2.45, 2.75) is 18.9 Å². The van der Waals surface area contributed by atoms with E-state index >= 15 is 0 Å². The van der Waals surface area contributed by atoms with E-state index in [1.807, 2.05) is 6.07 Å². The molecule has 1 unspecified atom stereocenters. The fraction of sp³-hybridized carbons (Fsp3) is 0.250. The number of benzene rings is 2. The first-order valence-corrected chi connectivity index (χ1v) is 6.25. The number of rotatable bonds is 3. The average Bonchev–Trinajstić information content (AvgIpc) is 3.24. The third-order valence-corrected chi connectivity index (χ3v) is 3.53. The van der Waals surface area contributed by atoms with Crippen LogP contribution in [0.15, 0.2) is 54.6 Å². The topological polar surface area (TPSA) is 26.0 Å². The Morgan fingerprint density at radius 3 is 2.00 bits per heavy atom. The maximum Gasteiger partial charge on any atom is 0.0323 e. The van der Waals surface area contributed by atoms with Gasteiger partial charge < -0.3 is 5.73 Å². The monoisotopic (exact) mass is 223 g/mol. The van der Waals surface area contributed by atoms with Crippen LogP contribution < -0.4 is 5.73 Å². The van der Waals surface area contributed by atoms with E-state index in [-0.39, 0.29) is 6.04 Å². The molecule has 0 aliphatic heterocycles. The molecule has 0 spiro atoms. The van der Waals surface area contributed by atoms with Gasteiger partial charge in [0.05, 0.1) is 0 Å². The Bertz CT molecular complexity index is 483. The maximum absolute atomic E-state index is 6.19. The van der Waals surface area contributed by atoms with Gasteiger partial charge in [-0.1, -0.05) is 54.6 Å². The second kappa shape index (κ2) is 4.34. The van der Waals surface area contributed by atoms with Crippen LogP contribution in [0.2, 0.25) is 0 Å². The normalized spacial score (nSPS) is 16.8. The van der Waals surface area contributed by atoms with E-state index in [0.29, 0.717) is 0 Å². The third-order valence-electron chi connectivity index (χ3n) is 3.53. The van der Waals surface area contributed by atoms with Crippen LogP contribution in [0.4, 0.5) is 0 Å². The highest BCUT2D eigenvalue weighted by Gasteiger charge is 2.29. The summed E-state index contributed by atoms with van der Waals surface area (Å²) in [6.45, 7) is 0. The van der Waals surface area contributed by atoms with Crippen molar-refractivity contribution >= 4 is 0 Å². The van der Waals surface area contributed by atoms with Crippen molar-refractivity contribution < 1.29 is 0 Å². The minimum atomic E-state index is 0.236. The Morgan fingerprint density at radius 1 is 0.824 bits per heavy atom. The molecule has 1 heteroatoms. The van der Waals surface area contributed by atoms with Gasteiger partial charge in [-0.05, 0) is 35.4 Å². The minimum absolute atomic E-state index is 0.236. The molecule has 2 aromatic carbocycles. The van der Waals surface area contributed by atoms with E-state index in [9.17, 15) is 0 Å². The zero-order valence-corrected chi connectivity index (χ0v) is 9.84. The first-order chi connectivity index (χ1) is 8.34. The van der Waals surface area contributed by atoms with Crippen molar-refractivity contribution in [3.8, 4) is 11.1 Å². The van der Waals surface area contributed by atoms with Gasteiger partial charge in [0.1, 0.15) is 0 Å². The molecule has 1 nitrogen and oxygen atoms in total. The summed E-state index contributed by atoms with van der Waals surface area (Å²) in [5, 5.41) is 0. The van der Waals surface area contributed by atoms with Gasteiger partial charge in [-0.2, -0.15) is 0 Å². The number of hydrogen-bond acceptors (Lipinski definition) is 1. The van der Waals surface area contributed by atoms with Crippen molar-refractivity contribution in [2.24, 2.45) is 11.7 Å². The standard InChI is InChI=1S/C16H17N/c17-16(15-10-11-15)14-8-6-13(7-9-14)12-4-2-1-3-5-12/h1-9,15-16H,10-11,17H2. The van der Waals surface area contributed by atoms with Crippen LogP contribution in [-0.2, 0) is 0 Å². The van der Waals surface area contributed by atoms with E-state index < -0.39 is 0 Å². The van der Waals surface area contributed by atoms with Gasteiger partial charge in [-0.3, -0.25) is 0 Å². The van der Waals surface area contributed by atoms with Gasteiger partial charge in [-0.15, -0.1) is 0 Å². The molecule has 1 aliphatic carbocycles. The number of hydrogen-bond donors (Lipinski definition) is 1. The summed E-state index contributed by atoms with van der Waals surface area (Å²) in [5.74, 6) is 0.720. The molecule has 2 aromatic rings. The lowest BCUT2D eigenvalue weighted by molar-refractivity contribution is 0.633. The summed E-state index contributed by atoms with van der Waals surface area (Å²) < 4.78 is 0. The van der Waals surface area contributed by atoms with Gasteiger partial charge in [-0.25, -0.2) is 0 Å². The first kappa shape index (κ1) is 10.5. The van der Waals surface area contributed by atoms with E-state index in [0.717, 1.165) is 5.92 Å². The Balaban J connectivity index is 1.85. The minimum Gasteiger partial charge on any atom is -0.324 e. The highest BCUT2D eigenvalue weighted by molar-refractivity contribution is 5.63. The summed E-state index contributed by atoms with van der Waals surface area (Å²) in [6, 6.07) is 19.4. The second-order valence-electron chi connectivity index (χ2n) is 4.85. The van der Waals surface area contributed by atoms with E-state index in [4.69, 9.17) is 5.73 Å². The van der Waals surface area contributed by atoms with Crippen LogP contribution in [0.25, 0.3) is 11.1 Å². The summed E-state index contributed by atoms with van der Waals surface area (Å²) in [4.78, 5) is 0. The molecule has 1 saturated carbocycles. The lowest BCUT2D eigenvalue weighted by Crippen LogP contribution is -2.11. The van der Waals surface area contributed by atoms with Crippen LogP contribution in [0.1, 0.15) is 24.4 Å². The lowest BCUT2D eigenvalue weighted by atomic mass is 9.99. The molecule has 0 heterocycles. The van der Waals surface area contributed by atoms with Gasteiger partial charge in [0.25, 0.3) is 0 Å². The molecule has 17 heavy (non-hydrogen) atoms. The summed E-state index contributed by atoms with van der Waals surface area (Å²) in [5.41, 5.74) is 9.98. The van der Waals surface area contributed by atoms with E-state index in [2.05, 4.69) is 48.5 Å². The Morgan fingerprint density at radius 2 is 1.41 bits per heavy atom. The molecule has 0 aromatic heterocycles. The molecule has 0 saturated heterocycles. The maximum atomic E-state index is 6.19. The molecule has 0 amide bonds. The lowest BCUT2D eigenvalue weighted by Gasteiger charge is -2.11. The molecule has 1 aliphatic rings. The van der Waals surface area contributed by atoms with E-state index in [1.165, 1.54) is 29.5 Å². The summed E-state index contributed by atoms with van der Waals surface area (Å²) in [6.07, 6.45) is 2.59. The van der Waals surface area contributed by atoms with Crippen LogP contribution in [0.3, 0.4) is 0 Å². The van der Waals surface area contributed by atoms with Gasteiger partial charge in [0, 0.05) is 6.04 Å². The highest BCUT2D eigenvalue weighted by Crippen LogP contribution is 2.39. The van der Waals surface area contributed by atoms with Crippen LogP contribution in [-0.4, -0.2) is 0 Å². The van der Waals surface area contributed by atoms with E-state index in [1.54, 1.807) is 0 Å². The molecule has 1 atom stereocenters. The van der Waals surface area contributed by atoms with Crippen molar-refractivity contribution in [1.29, 1.82) is 0 Å². The molecule has 2 N–H and O–H groups in total. The predicted octanol–water partition coefficient (Wildman–Crippen LogP) is 3.76. The van der Waals surface area contributed by atoms with Crippen molar-refractivity contribution in [2.75, 3.05) is 0 Å². The fourth-order valence-corrected chi connectivity index (χ4v) is 2.26. The SMILES string of the molecule is NC(c1ccc(-c2ccccc2)cc1)C1CC1. The molecule has 86 valence electrons. The summed E-state index contributed by atoms with van der Waals surface area (Å²) in [7, 11) is 0. The Kier molecular flexibility index (Phi) is 2.69. The zero-order valence-electron chi connectivity index (χ0n) is 9.84. The van der Waals surface area contributed by atoms with Gasteiger partial charge in [0.2, 0.25) is 0 Å². The molecule has 3 rings (SSSR count). The van der Waals surface area contributed by atoms with Crippen molar-refractivity contribution in [3.63, 3.8) is 0 Å². The van der Waals surface area contributed by atoms with Crippen molar-refractivity contribution in [1.82, 2.24) is 0 Å². The van der Waals surface area contributed by atoms with Gasteiger partial charge in [0.15, 0.2) is 0 Å². The molecule has 0 radical (unpaired) electrons. The molecule has 0 bridgehead atoms. The number of nitrogens with two attached hydrogens (primary N) is 1.